The molecule has 0 atom stereocenters. The molecule has 3 heterocycles. The van der Waals surface area contributed by atoms with Crippen LogP contribution in [0.25, 0.3) is 10.9 Å². The molecule has 4 rings (SSSR count). The fourth-order valence-corrected chi connectivity index (χ4v) is 3.59. The molecular weight excluding hydrogens is 358 g/mol. The summed E-state index contributed by atoms with van der Waals surface area (Å²) in [6, 6.07) is 9.63. The fourth-order valence-electron chi connectivity index (χ4n) is 3.59. The van der Waals surface area contributed by atoms with Gasteiger partial charge in [-0.05, 0) is 18.6 Å². The van der Waals surface area contributed by atoms with E-state index in [2.05, 4.69) is 15.2 Å². The highest BCUT2D eigenvalue weighted by Crippen LogP contribution is 2.24. The van der Waals surface area contributed by atoms with Crippen molar-refractivity contribution in [1.29, 1.82) is 0 Å². The smallest absolute Gasteiger partial charge is 0.274 e. The Morgan fingerprint density at radius 1 is 1.32 bits per heavy atom. The van der Waals surface area contributed by atoms with Crippen molar-refractivity contribution in [2.75, 3.05) is 26.7 Å². The van der Waals surface area contributed by atoms with E-state index in [0.29, 0.717) is 43.9 Å². The van der Waals surface area contributed by atoms with Crippen LogP contribution in [0.2, 0.25) is 0 Å². The lowest BCUT2D eigenvalue weighted by Crippen LogP contribution is -2.37. The van der Waals surface area contributed by atoms with E-state index >= 15 is 0 Å². The maximum Gasteiger partial charge on any atom is 0.274 e. The Morgan fingerprint density at radius 3 is 2.93 bits per heavy atom. The molecule has 28 heavy (non-hydrogen) atoms. The summed E-state index contributed by atoms with van der Waals surface area (Å²) in [7, 11) is 1.69. The number of benzene rings is 1. The van der Waals surface area contributed by atoms with Gasteiger partial charge in [0.05, 0.1) is 6.54 Å². The van der Waals surface area contributed by atoms with Gasteiger partial charge in [0.1, 0.15) is 5.69 Å². The molecule has 0 radical (unpaired) electrons. The first-order valence-electron chi connectivity index (χ1n) is 9.38. The number of carbonyl (C=O) groups excluding carboxylic acids is 2. The first kappa shape index (κ1) is 18.2. The van der Waals surface area contributed by atoms with E-state index in [9.17, 15) is 9.59 Å². The molecular formula is C20H23N5O3. The molecule has 3 N–H and O–H groups in total. The molecule has 1 aromatic carbocycles. The van der Waals surface area contributed by atoms with Gasteiger partial charge in [-0.1, -0.05) is 18.2 Å². The summed E-state index contributed by atoms with van der Waals surface area (Å²) in [5.41, 5.74) is 3.50. The Hall–Kier alpha value is -3.13. The molecule has 2 amide bonds. The van der Waals surface area contributed by atoms with E-state index in [1.54, 1.807) is 16.8 Å². The Bertz CT molecular complexity index is 989. The van der Waals surface area contributed by atoms with Crippen LogP contribution in [0.3, 0.4) is 0 Å². The lowest BCUT2D eigenvalue weighted by atomic mass is 10.0. The van der Waals surface area contributed by atoms with Crippen LogP contribution in [0.5, 0.6) is 0 Å². The Kier molecular flexibility index (Phi) is 4.87. The van der Waals surface area contributed by atoms with Gasteiger partial charge in [-0.15, -0.1) is 0 Å². The van der Waals surface area contributed by atoms with Crippen LogP contribution in [0.15, 0.2) is 30.3 Å². The highest BCUT2D eigenvalue weighted by Gasteiger charge is 2.29. The van der Waals surface area contributed by atoms with Gasteiger partial charge in [0.25, 0.3) is 11.8 Å². The number of nitrogens with zero attached hydrogens (tertiary/aromatic N) is 3. The molecule has 8 nitrogen and oxygen atoms in total. The Morgan fingerprint density at radius 2 is 2.14 bits per heavy atom. The standard InChI is InChI=1S/C20H23N5O3/c1-24(8-4-10-26)20(28)18-14-12-25(9-7-16(14)22-23-18)19(27)17-11-13-5-2-3-6-15(13)21-17/h2-3,5-6,11,21,26H,4,7-10,12H2,1H3,(H,22,23). The third-order valence-corrected chi connectivity index (χ3v) is 5.18. The average Bonchev–Trinajstić information content (AvgIpc) is 3.34. The van der Waals surface area contributed by atoms with E-state index in [4.69, 9.17) is 5.11 Å². The minimum atomic E-state index is -0.203. The van der Waals surface area contributed by atoms with Crippen LogP contribution in [0.4, 0.5) is 0 Å². The van der Waals surface area contributed by atoms with E-state index in [1.807, 2.05) is 30.3 Å². The van der Waals surface area contributed by atoms with E-state index in [0.717, 1.165) is 22.2 Å². The first-order chi connectivity index (χ1) is 13.6. The van der Waals surface area contributed by atoms with Crippen molar-refractivity contribution >= 4 is 22.7 Å². The van der Waals surface area contributed by atoms with Crippen LogP contribution in [0.1, 0.15) is 38.7 Å². The van der Waals surface area contributed by atoms with Crippen molar-refractivity contribution in [1.82, 2.24) is 25.0 Å². The molecule has 0 unspecified atom stereocenters. The van der Waals surface area contributed by atoms with Crippen LogP contribution in [-0.2, 0) is 13.0 Å². The Balaban J connectivity index is 1.55. The van der Waals surface area contributed by atoms with E-state index in [1.165, 1.54) is 0 Å². The highest BCUT2D eigenvalue weighted by atomic mass is 16.3. The second kappa shape index (κ2) is 7.47. The number of fused-ring (bicyclic) bond motifs is 2. The maximum absolute atomic E-state index is 13.0. The normalized spacial score (nSPS) is 13.6. The number of hydrogen-bond acceptors (Lipinski definition) is 4. The van der Waals surface area contributed by atoms with Crippen molar-refractivity contribution in [3.63, 3.8) is 0 Å². The molecule has 0 bridgehead atoms. The number of aliphatic hydroxyl groups is 1. The van der Waals surface area contributed by atoms with E-state index in [-0.39, 0.29) is 18.4 Å². The summed E-state index contributed by atoms with van der Waals surface area (Å²) in [6.45, 7) is 1.39. The van der Waals surface area contributed by atoms with Gasteiger partial charge in [0, 0.05) is 55.3 Å². The monoisotopic (exact) mass is 381 g/mol. The lowest BCUT2D eigenvalue weighted by Gasteiger charge is -2.27. The highest BCUT2D eigenvalue weighted by molar-refractivity contribution is 5.98. The van der Waals surface area contributed by atoms with Crippen LogP contribution in [-0.4, -0.2) is 68.6 Å². The number of amides is 2. The quantitative estimate of drug-likeness (QED) is 0.623. The van der Waals surface area contributed by atoms with Gasteiger partial charge in [0.2, 0.25) is 0 Å². The number of para-hydroxylation sites is 1. The predicted molar refractivity (Wildman–Crippen MR) is 104 cm³/mol. The summed E-state index contributed by atoms with van der Waals surface area (Å²) in [6.07, 6.45) is 1.14. The number of H-pyrrole nitrogens is 2. The molecule has 0 fully saturated rings. The third kappa shape index (κ3) is 3.27. The molecule has 146 valence electrons. The van der Waals surface area contributed by atoms with Gasteiger partial charge < -0.3 is 19.9 Å². The number of aromatic nitrogens is 3. The summed E-state index contributed by atoms with van der Waals surface area (Å²) in [5.74, 6) is -0.291. The lowest BCUT2D eigenvalue weighted by molar-refractivity contribution is 0.0717. The summed E-state index contributed by atoms with van der Waals surface area (Å²) in [5, 5.41) is 17.1. The zero-order valence-corrected chi connectivity index (χ0v) is 15.7. The summed E-state index contributed by atoms with van der Waals surface area (Å²) < 4.78 is 0. The van der Waals surface area contributed by atoms with Gasteiger partial charge in [-0.25, -0.2) is 0 Å². The molecule has 0 saturated heterocycles. The molecule has 0 spiro atoms. The van der Waals surface area contributed by atoms with E-state index < -0.39 is 0 Å². The Labute approximate surface area is 162 Å². The second-order valence-corrected chi connectivity index (χ2v) is 7.08. The fraction of sp³-hybridized carbons (Fsp3) is 0.350. The number of rotatable bonds is 5. The number of aromatic amines is 2. The van der Waals surface area contributed by atoms with Crippen LogP contribution in [0, 0.1) is 0 Å². The van der Waals surface area contributed by atoms with Gasteiger partial charge >= 0.3 is 0 Å². The van der Waals surface area contributed by atoms with Crippen LogP contribution >= 0.6 is 0 Å². The first-order valence-corrected chi connectivity index (χ1v) is 9.38. The largest absolute Gasteiger partial charge is 0.396 e. The molecule has 3 aromatic rings. The third-order valence-electron chi connectivity index (χ3n) is 5.18. The minimum absolute atomic E-state index is 0.0308. The van der Waals surface area contributed by atoms with Crippen molar-refractivity contribution in [2.45, 2.75) is 19.4 Å². The van der Waals surface area contributed by atoms with Crippen LogP contribution < -0.4 is 0 Å². The van der Waals surface area contributed by atoms with Crippen molar-refractivity contribution < 1.29 is 14.7 Å². The number of aliphatic hydroxyl groups excluding tert-OH is 1. The summed E-state index contributed by atoms with van der Waals surface area (Å²) >= 11 is 0. The zero-order chi connectivity index (χ0) is 19.7. The molecule has 8 heteroatoms. The SMILES string of the molecule is CN(CCCO)C(=O)c1n[nH]c2c1CN(C(=O)c1cc3ccccc3[nH]1)CC2. The second-order valence-electron chi connectivity index (χ2n) is 7.08. The number of nitrogens with one attached hydrogen (secondary N) is 2. The van der Waals surface area contributed by atoms with Crippen molar-refractivity contribution in [2.24, 2.45) is 0 Å². The number of carbonyl (C=O) groups is 2. The predicted octanol–water partition coefficient (Wildman–Crippen LogP) is 1.54. The maximum atomic E-state index is 13.0. The van der Waals surface area contributed by atoms with Gasteiger partial charge in [-0.3, -0.25) is 14.7 Å². The summed E-state index contributed by atoms with van der Waals surface area (Å²) in [4.78, 5) is 32.2. The molecule has 0 saturated carbocycles. The number of hydrogen-bond donors (Lipinski definition) is 3. The molecule has 1 aliphatic rings. The minimum Gasteiger partial charge on any atom is -0.396 e. The molecule has 2 aromatic heterocycles. The van der Waals surface area contributed by atoms with Crippen molar-refractivity contribution in [3.05, 3.63) is 53.0 Å². The average molecular weight is 381 g/mol. The zero-order valence-electron chi connectivity index (χ0n) is 15.7. The van der Waals surface area contributed by atoms with Gasteiger partial charge in [0.15, 0.2) is 5.69 Å². The topological polar surface area (TPSA) is 105 Å². The molecule has 0 aliphatic carbocycles. The van der Waals surface area contributed by atoms with Crippen molar-refractivity contribution in [3.8, 4) is 0 Å². The molecule has 1 aliphatic heterocycles. The van der Waals surface area contributed by atoms with Gasteiger partial charge in [-0.2, -0.15) is 5.10 Å².